The van der Waals surface area contributed by atoms with Crippen molar-refractivity contribution in [2.24, 2.45) is 0 Å². The van der Waals surface area contributed by atoms with Gasteiger partial charge in [-0.15, -0.1) is 11.3 Å². The summed E-state index contributed by atoms with van der Waals surface area (Å²) in [7, 11) is 0. The fourth-order valence-electron chi connectivity index (χ4n) is 1.93. The standard InChI is InChI=1S/C11H15ClOS2/c1-11(5-2-6-14-11)9(13)7-8-3-4-10(12)15-8/h3-4,9,13H,2,5-7H2,1H3. The number of hydrogen-bond donors (Lipinski definition) is 1. The third kappa shape index (κ3) is 2.70. The molecule has 2 unspecified atom stereocenters. The van der Waals surface area contributed by atoms with Crippen LogP contribution in [0.25, 0.3) is 0 Å². The third-order valence-corrected chi connectivity index (χ3v) is 5.86. The number of aliphatic hydroxyl groups excluding tert-OH is 1. The lowest BCUT2D eigenvalue weighted by atomic mass is 9.96. The van der Waals surface area contributed by atoms with Gasteiger partial charge in [0.1, 0.15) is 0 Å². The van der Waals surface area contributed by atoms with Crippen molar-refractivity contribution in [2.75, 3.05) is 5.75 Å². The topological polar surface area (TPSA) is 20.2 Å². The van der Waals surface area contributed by atoms with Crippen molar-refractivity contribution in [1.82, 2.24) is 0 Å². The number of thioether (sulfide) groups is 1. The normalized spacial score (nSPS) is 28.2. The Morgan fingerprint density at radius 3 is 2.93 bits per heavy atom. The molecule has 1 aliphatic rings. The molecule has 2 heterocycles. The van der Waals surface area contributed by atoms with Crippen LogP contribution in [0, 0.1) is 0 Å². The second kappa shape index (κ2) is 4.66. The quantitative estimate of drug-likeness (QED) is 0.898. The van der Waals surface area contributed by atoms with E-state index in [9.17, 15) is 5.11 Å². The van der Waals surface area contributed by atoms with Crippen molar-refractivity contribution in [1.29, 1.82) is 0 Å². The van der Waals surface area contributed by atoms with E-state index in [1.54, 1.807) is 11.3 Å². The van der Waals surface area contributed by atoms with E-state index in [2.05, 4.69) is 6.92 Å². The van der Waals surface area contributed by atoms with Gasteiger partial charge in [-0.1, -0.05) is 11.6 Å². The van der Waals surface area contributed by atoms with Crippen LogP contribution >= 0.6 is 34.7 Å². The van der Waals surface area contributed by atoms with Crippen LogP contribution in [0.5, 0.6) is 0 Å². The van der Waals surface area contributed by atoms with Crippen molar-refractivity contribution in [3.05, 3.63) is 21.3 Å². The summed E-state index contributed by atoms with van der Waals surface area (Å²) in [6.07, 6.45) is 2.84. The number of thiophene rings is 1. The lowest BCUT2D eigenvalue weighted by Gasteiger charge is -2.28. The minimum Gasteiger partial charge on any atom is -0.391 e. The monoisotopic (exact) mass is 262 g/mol. The Morgan fingerprint density at radius 2 is 2.40 bits per heavy atom. The molecule has 0 spiro atoms. The van der Waals surface area contributed by atoms with Gasteiger partial charge >= 0.3 is 0 Å². The molecule has 2 atom stereocenters. The Kier molecular flexibility index (Phi) is 3.66. The van der Waals surface area contributed by atoms with E-state index in [1.807, 2.05) is 23.9 Å². The van der Waals surface area contributed by atoms with Crippen LogP contribution in [0.1, 0.15) is 24.6 Å². The maximum absolute atomic E-state index is 10.2. The molecule has 1 N–H and O–H groups in total. The summed E-state index contributed by atoms with van der Waals surface area (Å²) >= 11 is 9.34. The zero-order valence-electron chi connectivity index (χ0n) is 8.70. The van der Waals surface area contributed by atoms with E-state index < -0.39 is 0 Å². The van der Waals surface area contributed by atoms with Crippen LogP contribution < -0.4 is 0 Å². The van der Waals surface area contributed by atoms with Gasteiger partial charge in [0.05, 0.1) is 10.4 Å². The van der Waals surface area contributed by atoms with E-state index in [1.165, 1.54) is 17.1 Å². The van der Waals surface area contributed by atoms with E-state index >= 15 is 0 Å². The van der Waals surface area contributed by atoms with Crippen LogP contribution in [0.2, 0.25) is 4.34 Å². The highest BCUT2D eigenvalue weighted by molar-refractivity contribution is 8.00. The smallest absolute Gasteiger partial charge is 0.0931 e. The second-order valence-electron chi connectivity index (χ2n) is 4.19. The molecule has 0 aliphatic carbocycles. The maximum Gasteiger partial charge on any atom is 0.0931 e. The Balaban J connectivity index is 1.99. The molecule has 1 aromatic rings. The van der Waals surface area contributed by atoms with E-state index in [-0.39, 0.29) is 10.9 Å². The molecular weight excluding hydrogens is 248 g/mol. The fraction of sp³-hybridized carbons (Fsp3) is 0.636. The molecular formula is C11H15ClOS2. The van der Waals surface area contributed by atoms with Gasteiger partial charge in [0.25, 0.3) is 0 Å². The van der Waals surface area contributed by atoms with Gasteiger partial charge in [0, 0.05) is 16.0 Å². The molecule has 1 aromatic heterocycles. The molecule has 15 heavy (non-hydrogen) atoms. The van der Waals surface area contributed by atoms with Gasteiger partial charge < -0.3 is 5.11 Å². The van der Waals surface area contributed by atoms with Gasteiger partial charge in [-0.2, -0.15) is 11.8 Å². The van der Waals surface area contributed by atoms with Crippen LogP contribution in [0.4, 0.5) is 0 Å². The number of halogens is 1. The van der Waals surface area contributed by atoms with Crippen molar-refractivity contribution in [3.63, 3.8) is 0 Å². The molecule has 4 heteroatoms. The fourth-order valence-corrected chi connectivity index (χ4v) is 4.37. The first-order valence-corrected chi connectivity index (χ1v) is 7.34. The van der Waals surface area contributed by atoms with Crippen molar-refractivity contribution in [2.45, 2.75) is 37.0 Å². The first-order valence-electron chi connectivity index (χ1n) is 5.16. The summed E-state index contributed by atoms with van der Waals surface area (Å²) in [6.45, 7) is 2.17. The maximum atomic E-state index is 10.2. The summed E-state index contributed by atoms with van der Waals surface area (Å²) < 4.78 is 0.859. The lowest BCUT2D eigenvalue weighted by Crippen LogP contribution is -2.35. The summed E-state index contributed by atoms with van der Waals surface area (Å²) in [5, 5.41) is 10.2. The average molecular weight is 263 g/mol. The van der Waals surface area contributed by atoms with Crippen LogP contribution in [-0.4, -0.2) is 21.7 Å². The van der Waals surface area contributed by atoms with Crippen LogP contribution in [0.15, 0.2) is 12.1 Å². The highest BCUT2D eigenvalue weighted by Crippen LogP contribution is 2.41. The molecule has 0 amide bonds. The van der Waals surface area contributed by atoms with E-state index in [4.69, 9.17) is 11.6 Å². The van der Waals surface area contributed by atoms with Gasteiger partial charge in [-0.05, 0) is 37.7 Å². The molecule has 84 valence electrons. The second-order valence-corrected chi connectivity index (χ2v) is 7.62. The van der Waals surface area contributed by atoms with Crippen LogP contribution in [0.3, 0.4) is 0 Å². The molecule has 0 radical (unpaired) electrons. The lowest BCUT2D eigenvalue weighted by molar-refractivity contribution is 0.134. The molecule has 1 saturated heterocycles. The number of rotatable bonds is 3. The molecule has 0 aromatic carbocycles. The summed E-state index contributed by atoms with van der Waals surface area (Å²) in [5.74, 6) is 1.18. The van der Waals surface area contributed by atoms with Crippen molar-refractivity contribution >= 4 is 34.7 Å². The average Bonchev–Trinajstić information content (AvgIpc) is 2.76. The largest absolute Gasteiger partial charge is 0.391 e. The minimum absolute atomic E-state index is 0.0520. The summed E-state index contributed by atoms with van der Waals surface area (Å²) in [6, 6.07) is 3.91. The predicted octanol–water partition coefficient (Wildman–Crippen LogP) is 3.59. The van der Waals surface area contributed by atoms with Gasteiger partial charge in [0.15, 0.2) is 0 Å². The molecule has 1 fully saturated rings. The Bertz CT molecular complexity index is 331. The third-order valence-electron chi connectivity index (χ3n) is 2.98. The van der Waals surface area contributed by atoms with Gasteiger partial charge in [-0.3, -0.25) is 0 Å². The highest BCUT2D eigenvalue weighted by Gasteiger charge is 2.36. The van der Waals surface area contributed by atoms with Crippen molar-refractivity contribution in [3.8, 4) is 0 Å². The highest BCUT2D eigenvalue weighted by atomic mass is 35.5. The number of hydrogen-bond acceptors (Lipinski definition) is 3. The van der Waals surface area contributed by atoms with Gasteiger partial charge in [0.2, 0.25) is 0 Å². The SMILES string of the molecule is CC1(C(O)Cc2ccc(Cl)s2)CCCS1. The molecule has 0 bridgehead atoms. The summed E-state index contributed by atoms with van der Waals surface area (Å²) in [5.41, 5.74) is 0. The first-order chi connectivity index (χ1) is 7.10. The first kappa shape index (κ1) is 11.8. The molecule has 1 aliphatic heterocycles. The number of aliphatic hydroxyl groups is 1. The minimum atomic E-state index is -0.250. The molecule has 0 saturated carbocycles. The van der Waals surface area contributed by atoms with Crippen LogP contribution in [-0.2, 0) is 6.42 Å². The zero-order chi connectivity index (χ0) is 10.9. The summed E-state index contributed by atoms with van der Waals surface area (Å²) in [4.78, 5) is 1.18. The molecule has 2 rings (SSSR count). The Hall–Kier alpha value is 0.300. The van der Waals surface area contributed by atoms with Gasteiger partial charge in [-0.25, -0.2) is 0 Å². The van der Waals surface area contributed by atoms with Crippen molar-refractivity contribution < 1.29 is 5.11 Å². The zero-order valence-corrected chi connectivity index (χ0v) is 11.1. The van der Waals surface area contributed by atoms with E-state index in [0.717, 1.165) is 17.2 Å². The molecule has 1 nitrogen and oxygen atoms in total. The van der Waals surface area contributed by atoms with E-state index in [0.29, 0.717) is 0 Å². The predicted molar refractivity (Wildman–Crippen MR) is 69.1 cm³/mol. The Morgan fingerprint density at radius 1 is 1.60 bits per heavy atom. The Labute approximate surface area is 104 Å².